The number of fused-ring (bicyclic) bond motifs is 1. The predicted molar refractivity (Wildman–Crippen MR) is 129 cm³/mol. The summed E-state index contributed by atoms with van der Waals surface area (Å²) in [7, 11) is 0. The molecule has 0 aliphatic heterocycles. The van der Waals surface area contributed by atoms with E-state index in [-0.39, 0.29) is 0 Å². The zero-order chi connectivity index (χ0) is 21.1. The monoisotopic (exact) mass is 411 g/mol. The third kappa shape index (κ3) is 3.60. The van der Waals surface area contributed by atoms with E-state index in [0.29, 0.717) is 22.7 Å². The van der Waals surface area contributed by atoms with Crippen molar-refractivity contribution >= 4 is 45.6 Å². The molecule has 6 heteroatoms. The van der Waals surface area contributed by atoms with Gasteiger partial charge in [0, 0.05) is 45.1 Å². The number of nitrogens with two attached hydrogens (primary N) is 1. The fourth-order valence-corrected chi connectivity index (χ4v) is 4.09. The van der Waals surface area contributed by atoms with E-state index in [0.717, 1.165) is 32.6 Å². The average molecular weight is 412 g/mol. The van der Waals surface area contributed by atoms with Crippen molar-refractivity contribution in [2.24, 2.45) is 4.99 Å². The number of nitrogens with zero attached hydrogens (tertiary/aromatic N) is 2. The molecule has 0 aliphatic rings. The van der Waals surface area contributed by atoms with Crippen LogP contribution in [0.25, 0.3) is 27.0 Å². The van der Waals surface area contributed by atoms with E-state index >= 15 is 0 Å². The smallest absolute Gasteiger partial charge is 0.0868 e. The summed E-state index contributed by atoms with van der Waals surface area (Å²) in [6.07, 6.45) is 8.84. The third-order valence-electron chi connectivity index (χ3n) is 4.81. The molecule has 0 bridgehead atoms. The highest BCUT2D eigenvalue weighted by Gasteiger charge is 2.15. The van der Waals surface area contributed by atoms with Crippen molar-refractivity contribution < 1.29 is 0 Å². The standard InChI is InChI=1S/C24H21N5S/c1-3-9-28-20(4-2)15-7-8-19(25)17(11-15)24(26)21-12-16-18(23-6-5-10-30-23)13-27-14-22(16)29-21/h3-14,26,29H,1,25H2,2H3/b20-4-,26-24?,28-9?. The first-order chi connectivity index (χ1) is 14.6. The number of benzene rings is 1. The van der Waals surface area contributed by atoms with Gasteiger partial charge >= 0.3 is 0 Å². The molecule has 0 amide bonds. The molecule has 0 aliphatic carbocycles. The van der Waals surface area contributed by atoms with Crippen LogP contribution >= 0.6 is 11.3 Å². The zero-order valence-corrected chi connectivity index (χ0v) is 17.3. The molecule has 0 saturated heterocycles. The van der Waals surface area contributed by atoms with Gasteiger partial charge in [-0.2, -0.15) is 0 Å². The van der Waals surface area contributed by atoms with Crippen molar-refractivity contribution in [3.05, 3.63) is 89.7 Å². The van der Waals surface area contributed by atoms with Crippen molar-refractivity contribution in [3.8, 4) is 10.4 Å². The van der Waals surface area contributed by atoms with Gasteiger partial charge in [0.2, 0.25) is 0 Å². The van der Waals surface area contributed by atoms with Crippen molar-refractivity contribution in [2.45, 2.75) is 6.92 Å². The maximum atomic E-state index is 8.82. The molecule has 0 radical (unpaired) electrons. The molecule has 30 heavy (non-hydrogen) atoms. The molecule has 4 rings (SSSR count). The summed E-state index contributed by atoms with van der Waals surface area (Å²) in [5.41, 5.74) is 12.1. The van der Waals surface area contributed by atoms with Crippen molar-refractivity contribution in [2.75, 3.05) is 5.73 Å². The molecule has 4 N–H and O–H groups in total. The largest absolute Gasteiger partial charge is 0.398 e. The van der Waals surface area contributed by atoms with E-state index in [1.54, 1.807) is 29.8 Å². The summed E-state index contributed by atoms with van der Waals surface area (Å²) in [4.78, 5) is 13.2. The van der Waals surface area contributed by atoms with Crippen LogP contribution in [0, 0.1) is 5.41 Å². The van der Waals surface area contributed by atoms with E-state index in [1.165, 1.54) is 0 Å². The number of H-pyrrole nitrogens is 1. The number of aromatic amines is 1. The molecule has 0 atom stereocenters. The molecule has 5 nitrogen and oxygen atoms in total. The van der Waals surface area contributed by atoms with E-state index in [9.17, 15) is 0 Å². The minimum Gasteiger partial charge on any atom is -0.398 e. The lowest BCUT2D eigenvalue weighted by molar-refractivity contribution is 1.32. The van der Waals surface area contributed by atoms with Gasteiger partial charge in [-0.05, 0) is 36.6 Å². The second-order valence-electron chi connectivity index (χ2n) is 6.67. The Morgan fingerprint density at radius 1 is 1.27 bits per heavy atom. The van der Waals surface area contributed by atoms with Crippen LogP contribution in [-0.2, 0) is 0 Å². The molecular formula is C24H21N5S. The van der Waals surface area contributed by atoms with Crippen LogP contribution in [0.4, 0.5) is 5.69 Å². The van der Waals surface area contributed by atoms with E-state index in [4.69, 9.17) is 11.1 Å². The Morgan fingerprint density at radius 3 is 2.87 bits per heavy atom. The Bertz CT molecular complexity index is 1290. The van der Waals surface area contributed by atoms with Gasteiger partial charge in [0.05, 0.1) is 28.8 Å². The third-order valence-corrected chi connectivity index (χ3v) is 5.72. The van der Waals surface area contributed by atoms with Crippen LogP contribution < -0.4 is 5.73 Å². The molecular weight excluding hydrogens is 390 g/mol. The molecule has 4 aromatic rings. The average Bonchev–Trinajstić information content (AvgIpc) is 3.44. The number of aromatic nitrogens is 2. The van der Waals surface area contributed by atoms with Crippen molar-refractivity contribution in [1.82, 2.24) is 9.97 Å². The normalized spacial score (nSPS) is 12.0. The number of pyridine rings is 1. The second-order valence-corrected chi connectivity index (χ2v) is 7.62. The van der Waals surface area contributed by atoms with Gasteiger partial charge in [-0.3, -0.25) is 15.4 Å². The number of aliphatic imine (C=N–C) groups is 1. The predicted octanol–water partition coefficient (Wildman–Crippen LogP) is 5.91. The van der Waals surface area contributed by atoms with Gasteiger partial charge in [-0.25, -0.2) is 0 Å². The van der Waals surface area contributed by atoms with Crippen LogP contribution in [0.5, 0.6) is 0 Å². The SMILES string of the molecule is C=CC=N/C(=C\C)c1ccc(N)c(C(=N)c2cc3c(-c4cccs4)cncc3[nH]2)c1. The number of nitrogen functional groups attached to an aromatic ring is 1. The Morgan fingerprint density at radius 2 is 2.13 bits per heavy atom. The summed E-state index contributed by atoms with van der Waals surface area (Å²) in [5.74, 6) is 0. The first-order valence-corrected chi connectivity index (χ1v) is 10.3. The first-order valence-electron chi connectivity index (χ1n) is 9.43. The zero-order valence-electron chi connectivity index (χ0n) is 16.5. The molecule has 0 fully saturated rings. The Kier molecular flexibility index (Phi) is 5.41. The van der Waals surface area contributed by atoms with Crippen LogP contribution in [0.15, 0.2) is 77.9 Å². The van der Waals surface area contributed by atoms with Crippen LogP contribution in [0.3, 0.4) is 0 Å². The van der Waals surface area contributed by atoms with Crippen LogP contribution in [-0.4, -0.2) is 21.9 Å². The molecule has 148 valence electrons. The molecule has 1 aromatic carbocycles. The van der Waals surface area contributed by atoms with Crippen LogP contribution in [0.1, 0.15) is 23.7 Å². The fraction of sp³-hybridized carbons (Fsp3) is 0.0417. The number of hydrogen-bond acceptors (Lipinski definition) is 5. The van der Waals surface area contributed by atoms with E-state index < -0.39 is 0 Å². The highest BCUT2D eigenvalue weighted by molar-refractivity contribution is 7.13. The maximum absolute atomic E-state index is 8.82. The van der Waals surface area contributed by atoms with Gasteiger partial charge in [-0.1, -0.05) is 30.9 Å². The van der Waals surface area contributed by atoms with Gasteiger partial charge in [0.1, 0.15) is 0 Å². The molecule has 0 unspecified atom stereocenters. The van der Waals surface area contributed by atoms with E-state index in [1.807, 2.05) is 54.9 Å². The first kappa shape index (κ1) is 19.5. The van der Waals surface area contributed by atoms with Crippen LogP contribution in [0.2, 0.25) is 0 Å². The summed E-state index contributed by atoms with van der Waals surface area (Å²) >= 11 is 1.67. The highest BCUT2D eigenvalue weighted by atomic mass is 32.1. The Balaban J connectivity index is 1.77. The summed E-state index contributed by atoms with van der Waals surface area (Å²) in [5, 5.41) is 11.9. The van der Waals surface area contributed by atoms with Gasteiger partial charge in [0.15, 0.2) is 0 Å². The number of allylic oxidation sites excluding steroid dienone is 2. The van der Waals surface area contributed by atoms with Crippen molar-refractivity contribution in [3.63, 3.8) is 0 Å². The highest BCUT2D eigenvalue weighted by Crippen LogP contribution is 2.32. The lowest BCUT2D eigenvalue weighted by Gasteiger charge is -2.09. The van der Waals surface area contributed by atoms with Crippen molar-refractivity contribution in [1.29, 1.82) is 5.41 Å². The molecule has 3 aromatic heterocycles. The minimum atomic E-state index is 0.325. The quantitative estimate of drug-likeness (QED) is 0.272. The lowest BCUT2D eigenvalue weighted by atomic mass is 10.0. The molecule has 3 heterocycles. The Labute approximate surface area is 178 Å². The number of hydrogen-bond donors (Lipinski definition) is 3. The van der Waals surface area contributed by atoms with E-state index in [2.05, 4.69) is 27.6 Å². The molecule has 0 saturated carbocycles. The van der Waals surface area contributed by atoms with Gasteiger partial charge in [-0.15, -0.1) is 11.3 Å². The minimum absolute atomic E-state index is 0.325. The number of thiophene rings is 1. The van der Waals surface area contributed by atoms with Gasteiger partial charge in [0.25, 0.3) is 0 Å². The lowest BCUT2D eigenvalue weighted by Crippen LogP contribution is -2.06. The summed E-state index contributed by atoms with van der Waals surface area (Å²) in [6.45, 7) is 5.59. The number of rotatable bonds is 6. The maximum Gasteiger partial charge on any atom is 0.0868 e. The molecule has 0 spiro atoms. The van der Waals surface area contributed by atoms with Gasteiger partial charge < -0.3 is 10.7 Å². The fourth-order valence-electron chi connectivity index (χ4n) is 3.34. The summed E-state index contributed by atoms with van der Waals surface area (Å²) < 4.78 is 0. The number of anilines is 1. The topological polar surface area (TPSA) is 90.9 Å². The number of nitrogens with one attached hydrogen (secondary N) is 2. The Hall–Kier alpha value is -3.77. The summed E-state index contributed by atoms with van der Waals surface area (Å²) in [6, 6.07) is 11.7. The second kappa shape index (κ2) is 8.31.